The van der Waals surface area contributed by atoms with Crippen LogP contribution in [0.1, 0.15) is 63.3 Å². The predicted octanol–water partition coefficient (Wildman–Crippen LogP) is 7.15. The first-order valence-electron chi connectivity index (χ1n) is 17.1. The monoisotopic (exact) mass is 675 g/mol. The molecule has 5 aromatic rings. The number of aromatic amines is 2. The maximum atomic E-state index is 13.5. The van der Waals surface area contributed by atoms with Gasteiger partial charge in [-0.15, -0.1) is 0 Å². The Hall–Kier alpha value is -5.65. The minimum atomic E-state index is -0.911. The van der Waals surface area contributed by atoms with Gasteiger partial charge in [0.15, 0.2) is 0 Å². The molecule has 4 N–H and O–H groups in total. The molecule has 2 fully saturated rings. The molecule has 12 heteroatoms. The minimum Gasteiger partial charge on any atom is -0.465 e. The van der Waals surface area contributed by atoms with Gasteiger partial charge in [0.2, 0.25) is 5.91 Å². The van der Waals surface area contributed by atoms with E-state index < -0.39 is 18.2 Å². The van der Waals surface area contributed by atoms with Gasteiger partial charge in [-0.25, -0.2) is 19.6 Å². The molecule has 7 rings (SSSR count). The molecule has 0 radical (unpaired) electrons. The van der Waals surface area contributed by atoms with Gasteiger partial charge in [0, 0.05) is 18.7 Å². The zero-order chi connectivity index (χ0) is 34.9. The van der Waals surface area contributed by atoms with Crippen molar-refractivity contribution in [1.82, 2.24) is 35.1 Å². The molecule has 2 aromatic heterocycles. The van der Waals surface area contributed by atoms with Crippen molar-refractivity contribution in [3.63, 3.8) is 0 Å². The molecule has 3 aromatic carbocycles. The highest BCUT2D eigenvalue weighted by molar-refractivity contribution is 5.91. The van der Waals surface area contributed by atoms with Crippen LogP contribution in [-0.2, 0) is 9.53 Å². The number of nitrogens with zero attached hydrogens (tertiary/aromatic N) is 4. The van der Waals surface area contributed by atoms with Gasteiger partial charge in [-0.3, -0.25) is 9.69 Å². The highest BCUT2D eigenvalue weighted by atomic mass is 16.5. The summed E-state index contributed by atoms with van der Waals surface area (Å²) in [6, 6.07) is 19.9. The second kappa shape index (κ2) is 13.7. The van der Waals surface area contributed by atoms with Gasteiger partial charge in [0.1, 0.15) is 17.7 Å². The number of imidazole rings is 2. The van der Waals surface area contributed by atoms with Crippen molar-refractivity contribution in [2.24, 2.45) is 5.92 Å². The number of methoxy groups -OCH3 is 1. The largest absolute Gasteiger partial charge is 0.465 e. The smallest absolute Gasteiger partial charge is 0.407 e. The highest BCUT2D eigenvalue weighted by Gasteiger charge is 2.37. The van der Waals surface area contributed by atoms with E-state index in [9.17, 15) is 19.5 Å². The van der Waals surface area contributed by atoms with Crippen molar-refractivity contribution < 1.29 is 24.2 Å². The topological polar surface area (TPSA) is 157 Å². The number of hydrogen-bond donors (Lipinski definition) is 4. The van der Waals surface area contributed by atoms with E-state index in [0.29, 0.717) is 18.9 Å². The average molecular weight is 676 g/mol. The van der Waals surface area contributed by atoms with Crippen molar-refractivity contribution in [1.29, 1.82) is 0 Å². The number of alkyl carbamates (subject to hydrolysis) is 1. The Balaban J connectivity index is 1.05. The van der Waals surface area contributed by atoms with E-state index in [2.05, 4.69) is 85.9 Å². The van der Waals surface area contributed by atoms with Crippen molar-refractivity contribution in [2.75, 3.05) is 20.2 Å². The van der Waals surface area contributed by atoms with E-state index in [4.69, 9.17) is 4.74 Å². The van der Waals surface area contributed by atoms with E-state index in [-0.39, 0.29) is 23.9 Å². The van der Waals surface area contributed by atoms with E-state index in [1.54, 1.807) is 6.20 Å². The van der Waals surface area contributed by atoms with Crippen LogP contribution in [-0.4, -0.2) is 79.2 Å². The third-order valence-corrected chi connectivity index (χ3v) is 9.93. The normalized spacial score (nSPS) is 18.2. The fourth-order valence-corrected chi connectivity index (χ4v) is 7.21. The summed E-state index contributed by atoms with van der Waals surface area (Å²) >= 11 is 0. The molecule has 12 nitrogen and oxygen atoms in total. The lowest BCUT2D eigenvalue weighted by Gasteiger charge is -2.30. The summed E-state index contributed by atoms with van der Waals surface area (Å²) in [7, 11) is 1.29. The van der Waals surface area contributed by atoms with Crippen LogP contribution in [0.4, 0.5) is 9.59 Å². The van der Waals surface area contributed by atoms with Gasteiger partial charge in [-0.1, -0.05) is 62.4 Å². The lowest BCUT2D eigenvalue weighted by Crippen LogP contribution is -2.51. The summed E-state index contributed by atoms with van der Waals surface area (Å²) in [5.41, 5.74) is 5.90. The second-order valence-corrected chi connectivity index (χ2v) is 13.4. The number of H-pyrrole nitrogens is 2. The summed E-state index contributed by atoms with van der Waals surface area (Å²) in [5, 5.41) is 14.4. The Morgan fingerprint density at radius 1 is 0.780 bits per heavy atom. The minimum absolute atomic E-state index is 0.0977. The van der Waals surface area contributed by atoms with E-state index >= 15 is 0 Å². The number of aromatic nitrogens is 4. The number of amides is 3. The van der Waals surface area contributed by atoms with Gasteiger partial charge in [-0.2, -0.15) is 0 Å². The summed E-state index contributed by atoms with van der Waals surface area (Å²) in [6.45, 7) is 4.94. The number of ether oxygens (including phenoxy) is 1. The summed E-state index contributed by atoms with van der Waals surface area (Å²) in [5.74, 6) is 1.19. The first kappa shape index (κ1) is 32.9. The number of likely N-dealkylation sites (tertiary alicyclic amines) is 2. The number of fused-ring (bicyclic) bond motifs is 1. The number of carboxylic acid groups (broad SMARTS) is 1. The Bertz CT molecular complexity index is 2030. The van der Waals surface area contributed by atoms with E-state index in [1.165, 1.54) is 12.0 Å². The second-order valence-electron chi connectivity index (χ2n) is 13.4. The lowest BCUT2D eigenvalue weighted by molar-refractivity contribution is -0.135. The molecule has 4 heterocycles. The van der Waals surface area contributed by atoms with Crippen LogP contribution in [0.3, 0.4) is 0 Å². The van der Waals surface area contributed by atoms with Gasteiger partial charge < -0.3 is 30.0 Å². The standard InChI is InChI=1S/C38H41N7O5/c1-22(2)33(43-37(47)50-3)36(46)44-16-4-6-31(44)34-40-21-30(42-34)28-15-14-26-18-25(12-13-27(26)19-28)23-8-10-24(11-9-23)29-20-39-35(41-29)32-7-5-17-45(32)38(48)49/h8-15,18-22,31-33H,4-7,16-17H2,1-3H3,(H,39,41)(H,40,42)(H,43,47)(H,48,49). The number of rotatable bonds is 8. The average Bonchev–Trinajstić information content (AvgIpc) is 3.96. The lowest BCUT2D eigenvalue weighted by atomic mass is 9.98. The number of carbonyl (C=O) groups excluding carboxylic acids is 2. The van der Waals surface area contributed by atoms with E-state index in [0.717, 1.165) is 75.9 Å². The maximum Gasteiger partial charge on any atom is 0.407 e. The molecule has 3 amide bonds. The molecule has 0 aliphatic carbocycles. The number of hydrogen-bond acceptors (Lipinski definition) is 6. The molecule has 2 saturated heterocycles. The fraction of sp³-hybridized carbons (Fsp3) is 0.342. The first-order valence-corrected chi connectivity index (χ1v) is 17.1. The maximum absolute atomic E-state index is 13.5. The van der Waals surface area contributed by atoms with Crippen molar-refractivity contribution >= 4 is 28.9 Å². The zero-order valence-electron chi connectivity index (χ0n) is 28.3. The molecule has 2 aliphatic rings. The fourth-order valence-electron chi connectivity index (χ4n) is 7.21. The molecule has 3 unspecified atom stereocenters. The van der Waals surface area contributed by atoms with Crippen LogP contribution in [0.5, 0.6) is 0 Å². The van der Waals surface area contributed by atoms with Crippen molar-refractivity contribution in [2.45, 2.75) is 57.7 Å². The third kappa shape index (κ3) is 6.40. The molecule has 0 bridgehead atoms. The van der Waals surface area contributed by atoms with Gasteiger partial charge >= 0.3 is 12.2 Å². The SMILES string of the molecule is COC(=O)NC(C(=O)N1CCCC1c1ncc(-c2ccc3cc(-c4ccc(-c5cnc(C6CCCN6C(=O)O)[nH]5)cc4)ccc3c2)[nH]1)C(C)C. The molecule has 3 atom stereocenters. The summed E-state index contributed by atoms with van der Waals surface area (Å²) in [6.07, 6.45) is 5.31. The Morgan fingerprint density at radius 3 is 1.90 bits per heavy atom. The van der Waals surface area contributed by atoms with Crippen LogP contribution in [0, 0.1) is 5.92 Å². The highest BCUT2D eigenvalue weighted by Crippen LogP contribution is 2.35. The molecular weight excluding hydrogens is 634 g/mol. The Morgan fingerprint density at radius 2 is 1.30 bits per heavy atom. The molecule has 50 heavy (non-hydrogen) atoms. The van der Waals surface area contributed by atoms with Crippen molar-refractivity contribution in [3.8, 4) is 33.6 Å². The van der Waals surface area contributed by atoms with Gasteiger partial charge in [-0.05, 0) is 71.2 Å². The van der Waals surface area contributed by atoms with Gasteiger partial charge in [0.25, 0.3) is 0 Å². The quantitative estimate of drug-likeness (QED) is 0.136. The predicted molar refractivity (Wildman–Crippen MR) is 189 cm³/mol. The molecule has 0 saturated carbocycles. The molecule has 258 valence electrons. The van der Waals surface area contributed by atoms with Crippen LogP contribution in [0.2, 0.25) is 0 Å². The van der Waals surface area contributed by atoms with Crippen LogP contribution in [0.25, 0.3) is 44.4 Å². The molecule has 0 spiro atoms. The zero-order valence-corrected chi connectivity index (χ0v) is 28.3. The Labute approximate surface area is 289 Å². The van der Waals surface area contributed by atoms with Crippen LogP contribution < -0.4 is 5.32 Å². The molecule has 2 aliphatic heterocycles. The summed E-state index contributed by atoms with van der Waals surface area (Å²) < 4.78 is 4.75. The van der Waals surface area contributed by atoms with Crippen molar-refractivity contribution in [3.05, 3.63) is 84.7 Å². The Kier molecular flexibility index (Phi) is 9.00. The van der Waals surface area contributed by atoms with E-state index in [1.807, 2.05) is 24.9 Å². The summed E-state index contributed by atoms with van der Waals surface area (Å²) in [4.78, 5) is 56.3. The van der Waals surface area contributed by atoms with Crippen LogP contribution in [0.15, 0.2) is 73.1 Å². The third-order valence-electron chi connectivity index (χ3n) is 9.93. The van der Waals surface area contributed by atoms with Gasteiger partial charge in [0.05, 0.1) is 43.0 Å². The number of benzene rings is 3. The van der Waals surface area contributed by atoms with Crippen LogP contribution >= 0.6 is 0 Å². The molecular formula is C38H41N7O5. The first-order chi connectivity index (χ1) is 24.2. The number of carbonyl (C=O) groups is 3. The number of nitrogens with one attached hydrogen (secondary N) is 3.